The predicted octanol–water partition coefficient (Wildman–Crippen LogP) is 1.90. The van der Waals surface area contributed by atoms with Gasteiger partial charge in [-0.05, 0) is 18.4 Å². The molecular formula is C13H19NO. The van der Waals surface area contributed by atoms with Crippen molar-refractivity contribution in [2.24, 2.45) is 0 Å². The van der Waals surface area contributed by atoms with Gasteiger partial charge in [0.05, 0.1) is 6.10 Å². The molecule has 1 aromatic rings. The monoisotopic (exact) mass is 205 g/mol. The zero-order chi connectivity index (χ0) is 10.7. The van der Waals surface area contributed by atoms with Gasteiger partial charge in [0.15, 0.2) is 0 Å². The van der Waals surface area contributed by atoms with E-state index in [9.17, 15) is 5.11 Å². The van der Waals surface area contributed by atoms with Crippen LogP contribution in [0.4, 0.5) is 0 Å². The molecule has 2 N–H and O–H groups in total. The molecule has 1 saturated carbocycles. The van der Waals surface area contributed by atoms with Crippen molar-refractivity contribution in [1.29, 1.82) is 0 Å². The highest BCUT2D eigenvalue weighted by Gasteiger charge is 2.23. The summed E-state index contributed by atoms with van der Waals surface area (Å²) in [5, 5.41) is 13.3. The molecule has 1 fully saturated rings. The summed E-state index contributed by atoms with van der Waals surface area (Å²) in [6.45, 7) is 2.79. The Morgan fingerprint density at radius 2 is 2.00 bits per heavy atom. The van der Waals surface area contributed by atoms with Crippen LogP contribution in [0.5, 0.6) is 0 Å². The molecule has 2 rings (SSSR count). The van der Waals surface area contributed by atoms with Crippen LogP contribution in [-0.4, -0.2) is 23.8 Å². The molecule has 15 heavy (non-hydrogen) atoms. The van der Waals surface area contributed by atoms with E-state index in [4.69, 9.17) is 0 Å². The lowest BCUT2D eigenvalue weighted by Crippen LogP contribution is -2.31. The Bertz CT molecular complexity index is 295. The van der Waals surface area contributed by atoms with Crippen molar-refractivity contribution in [3.05, 3.63) is 35.9 Å². The van der Waals surface area contributed by atoms with Gasteiger partial charge in [-0.3, -0.25) is 0 Å². The molecule has 2 nitrogen and oxygen atoms in total. The van der Waals surface area contributed by atoms with Crippen LogP contribution in [0.3, 0.4) is 0 Å². The Kier molecular flexibility index (Phi) is 3.39. The van der Waals surface area contributed by atoms with Crippen LogP contribution in [0, 0.1) is 0 Å². The lowest BCUT2D eigenvalue weighted by atomic mass is 9.95. The van der Waals surface area contributed by atoms with Crippen LogP contribution in [0.2, 0.25) is 0 Å². The molecule has 2 atom stereocenters. The number of benzene rings is 1. The third-order valence-electron chi connectivity index (χ3n) is 3.10. The first-order valence-electron chi connectivity index (χ1n) is 5.74. The number of nitrogens with one attached hydrogen (secondary N) is 1. The van der Waals surface area contributed by atoms with E-state index in [0.717, 1.165) is 0 Å². The van der Waals surface area contributed by atoms with Gasteiger partial charge in [-0.2, -0.15) is 0 Å². The molecule has 0 amide bonds. The molecule has 0 aromatic heterocycles. The molecule has 0 bridgehead atoms. The van der Waals surface area contributed by atoms with Gasteiger partial charge >= 0.3 is 0 Å². The van der Waals surface area contributed by atoms with E-state index in [1.54, 1.807) is 0 Å². The molecule has 1 aliphatic rings. The van der Waals surface area contributed by atoms with E-state index in [0.29, 0.717) is 12.6 Å². The lowest BCUT2D eigenvalue weighted by Gasteiger charge is -2.19. The molecule has 0 heterocycles. The van der Waals surface area contributed by atoms with Gasteiger partial charge in [-0.25, -0.2) is 0 Å². The average molecular weight is 205 g/mol. The first kappa shape index (κ1) is 10.7. The quantitative estimate of drug-likeness (QED) is 0.769. The van der Waals surface area contributed by atoms with Gasteiger partial charge in [0, 0.05) is 18.5 Å². The zero-order valence-corrected chi connectivity index (χ0v) is 9.19. The van der Waals surface area contributed by atoms with Gasteiger partial charge in [-0.15, -0.1) is 0 Å². The fraction of sp³-hybridized carbons (Fsp3) is 0.538. The van der Waals surface area contributed by atoms with Crippen LogP contribution in [0.15, 0.2) is 30.3 Å². The second-order valence-electron chi connectivity index (χ2n) is 4.45. The van der Waals surface area contributed by atoms with Crippen molar-refractivity contribution >= 4 is 0 Å². The minimum absolute atomic E-state index is 0.206. The highest BCUT2D eigenvalue weighted by molar-refractivity contribution is 5.19. The summed E-state index contributed by atoms with van der Waals surface area (Å²) in [6.07, 6.45) is 2.26. The summed E-state index contributed by atoms with van der Waals surface area (Å²) < 4.78 is 0. The van der Waals surface area contributed by atoms with Crippen LogP contribution in [-0.2, 0) is 0 Å². The minimum atomic E-state index is -0.284. The summed E-state index contributed by atoms with van der Waals surface area (Å²) >= 11 is 0. The highest BCUT2D eigenvalue weighted by atomic mass is 16.3. The van der Waals surface area contributed by atoms with Gasteiger partial charge in [0.25, 0.3) is 0 Å². The maximum absolute atomic E-state index is 9.99. The van der Waals surface area contributed by atoms with Crippen molar-refractivity contribution in [1.82, 2.24) is 5.32 Å². The Hall–Kier alpha value is -0.860. The fourth-order valence-electron chi connectivity index (χ4n) is 1.73. The fourth-order valence-corrected chi connectivity index (χ4v) is 1.73. The van der Waals surface area contributed by atoms with Crippen LogP contribution in [0.1, 0.15) is 31.2 Å². The number of hydrogen-bond donors (Lipinski definition) is 2. The lowest BCUT2D eigenvalue weighted by molar-refractivity contribution is 0.146. The standard InChI is InChI=1S/C13H19NO/c1-10(11-5-3-2-4-6-11)13(15)9-14-12-7-8-12/h2-6,10,12-15H,7-9H2,1H3. The molecule has 0 saturated heterocycles. The van der Waals surface area contributed by atoms with Gasteiger partial charge in [0.1, 0.15) is 0 Å². The Morgan fingerprint density at radius 1 is 1.33 bits per heavy atom. The van der Waals surface area contributed by atoms with Crippen LogP contribution in [0.25, 0.3) is 0 Å². The van der Waals surface area contributed by atoms with E-state index in [2.05, 4.69) is 24.4 Å². The van der Waals surface area contributed by atoms with Crippen molar-refractivity contribution in [3.8, 4) is 0 Å². The number of aliphatic hydroxyl groups is 1. The van der Waals surface area contributed by atoms with E-state index in [-0.39, 0.29) is 12.0 Å². The molecule has 1 aromatic carbocycles. The van der Waals surface area contributed by atoms with Gasteiger partial charge < -0.3 is 10.4 Å². The Balaban J connectivity index is 1.85. The largest absolute Gasteiger partial charge is 0.391 e. The first-order chi connectivity index (χ1) is 7.27. The topological polar surface area (TPSA) is 32.3 Å². The number of rotatable bonds is 5. The van der Waals surface area contributed by atoms with E-state index in [1.165, 1.54) is 18.4 Å². The Labute approximate surface area is 91.3 Å². The molecule has 2 heteroatoms. The van der Waals surface area contributed by atoms with E-state index in [1.807, 2.05) is 18.2 Å². The second kappa shape index (κ2) is 4.77. The molecular weight excluding hydrogens is 186 g/mol. The Morgan fingerprint density at radius 3 is 2.60 bits per heavy atom. The van der Waals surface area contributed by atoms with Gasteiger partial charge in [0.2, 0.25) is 0 Å². The minimum Gasteiger partial charge on any atom is -0.391 e. The predicted molar refractivity (Wildman–Crippen MR) is 61.9 cm³/mol. The number of aliphatic hydroxyl groups excluding tert-OH is 1. The molecule has 0 aliphatic heterocycles. The first-order valence-corrected chi connectivity index (χ1v) is 5.74. The molecule has 1 aliphatic carbocycles. The summed E-state index contributed by atoms with van der Waals surface area (Å²) in [5.41, 5.74) is 1.21. The van der Waals surface area contributed by atoms with Crippen molar-refractivity contribution < 1.29 is 5.11 Å². The van der Waals surface area contributed by atoms with Crippen LogP contribution < -0.4 is 5.32 Å². The van der Waals surface area contributed by atoms with E-state index >= 15 is 0 Å². The third-order valence-corrected chi connectivity index (χ3v) is 3.10. The summed E-state index contributed by atoms with van der Waals surface area (Å²) in [6, 6.07) is 10.9. The highest BCUT2D eigenvalue weighted by Crippen LogP contribution is 2.21. The molecule has 82 valence electrons. The van der Waals surface area contributed by atoms with Crippen molar-refractivity contribution in [2.75, 3.05) is 6.54 Å². The van der Waals surface area contributed by atoms with Crippen LogP contribution >= 0.6 is 0 Å². The normalized spacial score (nSPS) is 19.9. The maximum Gasteiger partial charge on any atom is 0.0730 e. The smallest absolute Gasteiger partial charge is 0.0730 e. The third kappa shape index (κ3) is 3.05. The summed E-state index contributed by atoms with van der Waals surface area (Å²) in [5.74, 6) is 0.206. The zero-order valence-electron chi connectivity index (χ0n) is 9.19. The van der Waals surface area contributed by atoms with E-state index < -0.39 is 0 Å². The SMILES string of the molecule is CC(c1ccccc1)C(O)CNC1CC1. The second-order valence-corrected chi connectivity index (χ2v) is 4.45. The molecule has 0 spiro atoms. The maximum atomic E-state index is 9.99. The summed E-state index contributed by atoms with van der Waals surface area (Å²) in [7, 11) is 0. The average Bonchev–Trinajstić information content (AvgIpc) is 3.10. The number of hydrogen-bond acceptors (Lipinski definition) is 2. The summed E-state index contributed by atoms with van der Waals surface area (Å²) in [4.78, 5) is 0. The molecule has 0 radical (unpaired) electrons. The molecule has 2 unspecified atom stereocenters. The van der Waals surface area contributed by atoms with Gasteiger partial charge in [-0.1, -0.05) is 37.3 Å². The van der Waals surface area contributed by atoms with Crippen molar-refractivity contribution in [3.63, 3.8) is 0 Å². The van der Waals surface area contributed by atoms with Crippen molar-refractivity contribution in [2.45, 2.75) is 37.8 Å².